The molecule has 0 atom stereocenters. The highest BCUT2D eigenvalue weighted by molar-refractivity contribution is 5.74. The predicted octanol–water partition coefficient (Wildman–Crippen LogP) is 20.4. The maximum Gasteiger partial charge on any atom is 0.309 e. The summed E-state index contributed by atoms with van der Waals surface area (Å²) in [5.41, 5.74) is -0.733. The Morgan fingerprint density at radius 1 is 0.306 bits per heavy atom. The fourth-order valence-corrected chi connectivity index (χ4v) is 9.91. The minimum absolute atomic E-state index is 0.0721. The van der Waals surface area contributed by atoms with Crippen molar-refractivity contribution in [1.82, 2.24) is 0 Å². The molecular weight excluding hydrogens is 897 g/mol. The molecule has 0 aliphatic rings. The lowest BCUT2D eigenvalue weighted by Gasteiger charge is -2.30. The third-order valence-corrected chi connectivity index (χ3v) is 14.8. The molecule has 0 aromatic carbocycles. The van der Waals surface area contributed by atoms with Crippen LogP contribution in [0.3, 0.4) is 0 Å². The highest BCUT2D eigenvalue weighted by atomic mass is 16.5. The number of carbonyl (C=O) groups excluding carboxylic acids is 2. The summed E-state index contributed by atoms with van der Waals surface area (Å²) in [6.07, 6.45) is 49.7. The number of hydrogen-bond donors (Lipinski definition) is 2. The van der Waals surface area contributed by atoms with Crippen LogP contribution >= 0.6 is 0 Å². The molecule has 0 aromatic heterocycles. The van der Waals surface area contributed by atoms with Gasteiger partial charge in [-0.15, -0.1) is 0 Å². The van der Waals surface area contributed by atoms with Gasteiger partial charge in [-0.3, -0.25) is 19.2 Å². The van der Waals surface area contributed by atoms with Gasteiger partial charge < -0.3 is 19.7 Å². The van der Waals surface area contributed by atoms with E-state index in [-0.39, 0.29) is 18.4 Å². The third-order valence-electron chi connectivity index (χ3n) is 14.8. The Labute approximate surface area is 447 Å². The molecule has 0 aliphatic heterocycles. The zero-order valence-electron chi connectivity index (χ0n) is 49.4. The SMILES string of the molecule is CC(C)CCCCCCCCCCC(CCCCCCCCCCC(C)C)(CCCC(=O)O)C(=O)O.CC(C)CCCCCCCCCCOC(=O)CCCCC(=O)OCCCCCCCCCCC(C)C. The lowest BCUT2D eigenvalue weighted by atomic mass is 9.74. The van der Waals surface area contributed by atoms with Crippen LogP contribution in [0.5, 0.6) is 0 Å². The Balaban J connectivity index is 0. The topological polar surface area (TPSA) is 127 Å². The van der Waals surface area contributed by atoms with Crippen LogP contribution in [0.15, 0.2) is 0 Å². The van der Waals surface area contributed by atoms with Crippen molar-refractivity contribution in [3.05, 3.63) is 0 Å². The number of ether oxygens (including phenoxy) is 2. The van der Waals surface area contributed by atoms with Crippen LogP contribution in [0.4, 0.5) is 0 Å². The van der Waals surface area contributed by atoms with Crippen molar-refractivity contribution in [1.29, 1.82) is 0 Å². The molecule has 0 bridgehead atoms. The number of carboxylic acids is 2. The summed E-state index contributed by atoms with van der Waals surface area (Å²) in [5.74, 6) is 1.48. The first-order valence-corrected chi connectivity index (χ1v) is 31.4. The molecule has 8 nitrogen and oxygen atoms in total. The van der Waals surface area contributed by atoms with Gasteiger partial charge >= 0.3 is 23.9 Å². The first kappa shape index (κ1) is 72.0. The average Bonchev–Trinajstić information content (AvgIpc) is 3.31. The van der Waals surface area contributed by atoms with Gasteiger partial charge in [0, 0.05) is 19.3 Å². The van der Waals surface area contributed by atoms with E-state index in [1.807, 2.05) is 0 Å². The first-order chi connectivity index (χ1) is 34.6. The number of aliphatic carboxylic acids is 2. The van der Waals surface area contributed by atoms with Gasteiger partial charge in [0.25, 0.3) is 0 Å². The second-order valence-electron chi connectivity index (χ2n) is 24.0. The zero-order chi connectivity index (χ0) is 53.8. The molecular formula is C64H124O8. The van der Waals surface area contributed by atoms with Gasteiger partial charge in [-0.1, -0.05) is 274 Å². The summed E-state index contributed by atoms with van der Waals surface area (Å²) in [5, 5.41) is 19.2. The van der Waals surface area contributed by atoms with Crippen LogP contribution in [0.2, 0.25) is 0 Å². The minimum Gasteiger partial charge on any atom is -0.481 e. The van der Waals surface area contributed by atoms with E-state index in [1.165, 1.54) is 180 Å². The molecule has 0 saturated carbocycles. The standard InChI is InChI=1S/2C32H62O4/c1-29(2)23-17-13-9-5-7-11-15-21-27-35-31(33)25-19-20-26-32(34)36-28-22-16-12-8-6-10-14-18-24-30(3)4;1-28(2)22-17-13-9-5-7-11-15-19-25-32(31(35)36,27-21-24-30(33)34)26-20-16-12-8-6-10-14-18-23-29(3)4/h29-30H,5-28H2,1-4H3;28-29H,5-27H2,1-4H3,(H,33,34)(H,35,36). The van der Waals surface area contributed by atoms with Gasteiger partial charge in [0.1, 0.15) is 0 Å². The quantitative estimate of drug-likeness (QED) is 0.0456. The van der Waals surface area contributed by atoms with Gasteiger partial charge in [-0.05, 0) is 75.0 Å². The van der Waals surface area contributed by atoms with E-state index < -0.39 is 17.4 Å². The Bertz CT molecular complexity index is 1120. The molecule has 0 aliphatic carbocycles. The summed E-state index contributed by atoms with van der Waals surface area (Å²) in [4.78, 5) is 47.1. The number of carboxylic acid groups (broad SMARTS) is 2. The smallest absolute Gasteiger partial charge is 0.309 e. The van der Waals surface area contributed by atoms with Crippen LogP contribution in [0, 0.1) is 29.1 Å². The van der Waals surface area contributed by atoms with Crippen molar-refractivity contribution in [2.75, 3.05) is 13.2 Å². The predicted molar refractivity (Wildman–Crippen MR) is 307 cm³/mol. The van der Waals surface area contributed by atoms with E-state index in [4.69, 9.17) is 14.6 Å². The average molecular weight is 1020 g/mol. The highest BCUT2D eigenvalue weighted by Gasteiger charge is 2.37. The largest absolute Gasteiger partial charge is 0.481 e. The molecule has 8 heteroatoms. The van der Waals surface area contributed by atoms with E-state index in [2.05, 4.69) is 55.4 Å². The molecule has 0 radical (unpaired) electrons. The van der Waals surface area contributed by atoms with Gasteiger partial charge in [0.2, 0.25) is 0 Å². The highest BCUT2D eigenvalue weighted by Crippen LogP contribution is 2.38. The maximum atomic E-state index is 12.4. The molecule has 0 rings (SSSR count). The number of esters is 2. The monoisotopic (exact) mass is 1020 g/mol. The second kappa shape index (κ2) is 53.7. The number of rotatable bonds is 54. The number of unbranched alkanes of at least 4 members (excludes halogenated alkanes) is 29. The van der Waals surface area contributed by atoms with Gasteiger partial charge in [0.15, 0.2) is 0 Å². The normalized spacial score (nSPS) is 11.7. The number of hydrogen-bond acceptors (Lipinski definition) is 6. The van der Waals surface area contributed by atoms with Crippen molar-refractivity contribution >= 4 is 23.9 Å². The maximum absolute atomic E-state index is 12.4. The lowest BCUT2D eigenvalue weighted by molar-refractivity contribution is -0.151. The molecule has 0 spiro atoms. The van der Waals surface area contributed by atoms with Crippen molar-refractivity contribution < 1.29 is 38.9 Å². The van der Waals surface area contributed by atoms with E-state index in [1.54, 1.807) is 0 Å². The molecule has 0 unspecified atom stereocenters. The molecule has 428 valence electrons. The molecule has 0 fully saturated rings. The van der Waals surface area contributed by atoms with Crippen molar-refractivity contribution in [2.24, 2.45) is 29.1 Å². The zero-order valence-corrected chi connectivity index (χ0v) is 49.4. The van der Waals surface area contributed by atoms with Crippen molar-refractivity contribution in [3.63, 3.8) is 0 Å². The number of carbonyl (C=O) groups is 4. The third kappa shape index (κ3) is 55.6. The van der Waals surface area contributed by atoms with E-state index >= 15 is 0 Å². The summed E-state index contributed by atoms with van der Waals surface area (Å²) in [6.45, 7) is 19.4. The van der Waals surface area contributed by atoms with E-state index in [0.29, 0.717) is 64.6 Å². The van der Waals surface area contributed by atoms with Crippen LogP contribution in [0.25, 0.3) is 0 Å². The molecule has 0 amide bonds. The van der Waals surface area contributed by atoms with Crippen LogP contribution in [-0.2, 0) is 28.7 Å². The Hall–Kier alpha value is -2.12. The minimum atomic E-state index is -0.823. The van der Waals surface area contributed by atoms with E-state index in [9.17, 15) is 24.3 Å². The van der Waals surface area contributed by atoms with Crippen LogP contribution in [0.1, 0.15) is 344 Å². The lowest BCUT2D eigenvalue weighted by Crippen LogP contribution is -2.31. The summed E-state index contributed by atoms with van der Waals surface area (Å²) >= 11 is 0. The second-order valence-corrected chi connectivity index (χ2v) is 24.0. The fourth-order valence-electron chi connectivity index (χ4n) is 9.91. The molecule has 72 heavy (non-hydrogen) atoms. The van der Waals surface area contributed by atoms with Gasteiger partial charge in [-0.2, -0.15) is 0 Å². The Morgan fingerprint density at radius 3 is 0.792 bits per heavy atom. The Kier molecular flexibility index (Phi) is 53.7. The van der Waals surface area contributed by atoms with E-state index in [0.717, 1.165) is 75.0 Å². The summed E-state index contributed by atoms with van der Waals surface area (Å²) in [6, 6.07) is 0. The van der Waals surface area contributed by atoms with Gasteiger partial charge in [0.05, 0.1) is 18.6 Å². The van der Waals surface area contributed by atoms with Crippen molar-refractivity contribution in [3.8, 4) is 0 Å². The van der Waals surface area contributed by atoms with Crippen LogP contribution < -0.4 is 0 Å². The summed E-state index contributed by atoms with van der Waals surface area (Å²) in [7, 11) is 0. The Morgan fingerprint density at radius 2 is 0.542 bits per heavy atom. The molecule has 2 N–H and O–H groups in total. The molecule has 0 saturated heterocycles. The first-order valence-electron chi connectivity index (χ1n) is 31.4. The van der Waals surface area contributed by atoms with Crippen molar-refractivity contribution in [2.45, 2.75) is 344 Å². The fraction of sp³-hybridized carbons (Fsp3) is 0.938. The van der Waals surface area contributed by atoms with Crippen LogP contribution in [-0.4, -0.2) is 47.3 Å². The molecule has 0 heterocycles. The summed E-state index contributed by atoms with van der Waals surface area (Å²) < 4.78 is 10.6. The van der Waals surface area contributed by atoms with Gasteiger partial charge in [-0.25, -0.2) is 0 Å². The molecule has 0 aromatic rings.